The zero-order valence-corrected chi connectivity index (χ0v) is 10.4. The minimum Gasteiger partial charge on any atom is -0.361 e. The molecule has 17 heavy (non-hydrogen) atoms. The van der Waals surface area contributed by atoms with Gasteiger partial charge in [-0.15, -0.1) is 11.6 Å². The molecule has 0 spiro atoms. The molecule has 0 aliphatic heterocycles. The number of hydrogen-bond donors (Lipinski definition) is 2. The summed E-state index contributed by atoms with van der Waals surface area (Å²) in [5, 5.41) is 4.06. The molecule has 1 heterocycles. The molecule has 0 aliphatic carbocycles. The Morgan fingerprint density at radius 2 is 2.24 bits per heavy atom. The molecule has 2 aromatic rings. The summed E-state index contributed by atoms with van der Waals surface area (Å²) in [4.78, 5) is 14.4. The van der Waals surface area contributed by atoms with E-state index in [4.69, 9.17) is 11.6 Å². The summed E-state index contributed by atoms with van der Waals surface area (Å²) in [6.07, 6.45) is 2.79. The second-order valence-electron chi connectivity index (χ2n) is 4.17. The Morgan fingerprint density at radius 3 is 3.00 bits per heavy atom. The first-order valence-corrected chi connectivity index (χ1v) is 6.14. The van der Waals surface area contributed by atoms with Crippen LogP contribution in [0.2, 0.25) is 0 Å². The molecule has 0 aliphatic rings. The maximum absolute atomic E-state index is 11.2. The zero-order valence-electron chi connectivity index (χ0n) is 9.66. The number of benzene rings is 1. The fraction of sp³-hybridized carbons (Fsp3) is 0.308. The number of para-hydroxylation sites is 1. The van der Waals surface area contributed by atoms with E-state index in [-0.39, 0.29) is 17.8 Å². The fourth-order valence-corrected chi connectivity index (χ4v) is 2.07. The number of aromatic amines is 1. The van der Waals surface area contributed by atoms with Gasteiger partial charge in [-0.05, 0) is 25.0 Å². The van der Waals surface area contributed by atoms with Gasteiger partial charge in [0.2, 0.25) is 5.91 Å². The third kappa shape index (κ3) is 2.80. The molecular formula is C13H15ClN2O. The van der Waals surface area contributed by atoms with E-state index < -0.39 is 0 Å². The van der Waals surface area contributed by atoms with Crippen molar-refractivity contribution in [3.63, 3.8) is 0 Å². The van der Waals surface area contributed by atoms with Gasteiger partial charge >= 0.3 is 0 Å². The van der Waals surface area contributed by atoms with Crippen LogP contribution in [-0.4, -0.2) is 22.8 Å². The van der Waals surface area contributed by atoms with E-state index in [0.717, 1.165) is 11.9 Å². The fourth-order valence-electron chi connectivity index (χ4n) is 1.99. The number of H-pyrrole nitrogens is 1. The number of halogens is 1. The van der Waals surface area contributed by atoms with Gasteiger partial charge < -0.3 is 10.3 Å². The average Bonchev–Trinajstić information content (AvgIpc) is 2.72. The summed E-state index contributed by atoms with van der Waals surface area (Å²) in [6, 6.07) is 8.22. The van der Waals surface area contributed by atoms with Crippen molar-refractivity contribution >= 4 is 28.4 Å². The van der Waals surface area contributed by atoms with Gasteiger partial charge in [0.25, 0.3) is 0 Å². The third-order valence-electron chi connectivity index (χ3n) is 2.73. The molecule has 0 bridgehead atoms. The first kappa shape index (κ1) is 12.0. The molecule has 1 aromatic carbocycles. The van der Waals surface area contributed by atoms with Gasteiger partial charge in [0.1, 0.15) is 5.88 Å². The number of alkyl halides is 1. The molecule has 0 saturated carbocycles. The van der Waals surface area contributed by atoms with Crippen LogP contribution in [0, 0.1) is 0 Å². The Balaban J connectivity index is 2.10. The Labute approximate surface area is 105 Å². The van der Waals surface area contributed by atoms with Crippen LogP contribution >= 0.6 is 11.6 Å². The number of amides is 1. The van der Waals surface area contributed by atoms with E-state index in [0.29, 0.717) is 0 Å². The highest BCUT2D eigenvalue weighted by Gasteiger charge is 2.10. The minimum atomic E-state index is -0.126. The lowest BCUT2D eigenvalue weighted by Gasteiger charge is -2.12. The summed E-state index contributed by atoms with van der Waals surface area (Å²) in [5.41, 5.74) is 2.33. The van der Waals surface area contributed by atoms with E-state index >= 15 is 0 Å². The standard InChI is InChI=1S/C13H15ClN2O/c1-9(16-13(17)7-14)6-10-8-15-12-5-3-2-4-11(10)12/h2-5,8-9,15H,6-7H2,1H3,(H,16,17). The normalized spacial score (nSPS) is 12.6. The Hall–Kier alpha value is -1.48. The Kier molecular flexibility index (Phi) is 3.69. The smallest absolute Gasteiger partial charge is 0.235 e. The lowest BCUT2D eigenvalue weighted by molar-refractivity contribution is -0.119. The van der Waals surface area contributed by atoms with Crippen molar-refractivity contribution in [3.8, 4) is 0 Å². The second-order valence-corrected chi connectivity index (χ2v) is 4.43. The van der Waals surface area contributed by atoms with Crippen molar-refractivity contribution in [3.05, 3.63) is 36.0 Å². The van der Waals surface area contributed by atoms with Crippen molar-refractivity contribution in [2.24, 2.45) is 0 Å². The summed E-state index contributed by atoms with van der Waals surface area (Å²) in [6.45, 7) is 1.98. The van der Waals surface area contributed by atoms with Crippen LogP contribution in [0.1, 0.15) is 12.5 Å². The third-order valence-corrected chi connectivity index (χ3v) is 2.97. The molecule has 3 nitrogen and oxygen atoms in total. The molecule has 0 radical (unpaired) electrons. The van der Waals surface area contributed by atoms with Crippen molar-refractivity contribution in [1.82, 2.24) is 10.3 Å². The maximum atomic E-state index is 11.2. The highest BCUT2D eigenvalue weighted by molar-refractivity contribution is 6.27. The molecule has 2 N–H and O–H groups in total. The molecule has 2 rings (SSSR count). The first-order chi connectivity index (χ1) is 8.20. The van der Waals surface area contributed by atoms with Crippen LogP contribution in [0.15, 0.2) is 30.5 Å². The molecule has 90 valence electrons. The topological polar surface area (TPSA) is 44.9 Å². The van der Waals surface area contributed by atoms with Gasteiger partial charge in [-0.2, -0.15) is 0 Å². The van der Waals surface area contributed by atoms with Crippen LogP contribution in [0.4, 0.5) is 0 Å². The van der Waals surface area contributed by atoms with Gasteiger partial charge in [0.05, 0.1) is 0 Å². The highest BCUT2D eigenvalue weighted by atomic mass is 35.5. The quantitative estimate of drug-likeness (QED) is 0.805. The number of carbonyl (C=O) groups excluding carboxylic acids is 1. The summed E-state index contributed by atoms with van der Waals surface area (Å²) < 4.78 is 0. The van der Waals surface area contributed by atoms with E-state index in [9.17, 15) is 4.79 Å². The van der Waals surface area contributed by atoms with Gasteiger partial charge in [0.15, 0.2) is 0 Å². The Bertz CT molecular complexity index is 521. The molecule has 0 fully saturated rings. The van der Waals surface area contributed by atoms with E-state index in [1.165, 1.54) is 10.9 Å². The molecule has 1 amide bonds. The van der Waals surface area contributed by atoms with Crippen LogP contribution in [-0.2, 0) is 11.2 Å². The van der Waals surface area contributed by atoms with Crippen molar-refractivity contribution in [1.29, 1.82) is 0 Å². The molecule has 0 saturated heterocycles. The van der Waals surface area contributed by atoms with Crippen LogP contribution in [0.5, 0.6) is 0 Å². The lowest BCUT2D eigenvalue weighted by atomic mass is 10.1. The van der Waals surface area contributed by atoms with E-state index in [1.807, 2.05) is 31.3 Å². The number of carbonyl (C=O) groups is 1. The summed E-state index contributed by atoms with van der Waals surface area (Å²) in [7, 11) is 0. The largest absolute Gasteiger partial charge is 0.361 e. The van der Waals surface area contributed by atoms with Gasteiger partial charge in [-0.1, -0.05) is 18.2 Å². The Morgan fingerprint density at radius 1 is 1.47 bits per heavy atom. The maximum Gasteiger partial charge on any atom is 0.235 e. The molecular weight excluding hydrogens is 236 g/mol. The SMILES string of the molecule is CC(Cc1c[nH]c2ccccc12)NC(=O)CCl. The predicted octanol–water partition coefficient (Wildman–Crippen LogP) is 2.45. The number of fused-ring (bicyclic) bond motifs is 1. The second kappa shape index (κ2) is 5.23. The highest BCUT2D eigenvalue weighted by Crippen LogP contribution is 2.18. The van der Waals surface area contributed by atoms with Crippen molar-refractivity contribution in [2.75, 3.05) is 5.88 Å². The van der Waals surface area contributed by atoms with Crippen LogP contribution in [0.3, 0.4) is 0 Å². The van der Waals surface area contributed by atoms with E-state index in [1.54, 1.807) is 0 Å². The number of nitrogens with one attached hydrogen (secondary N) is 2. The van der Waals surface area contributed by atoms with Gasteiger partial charge in [-0.3, -0.25) is 4.79 Å². The number of aromatic nitrogens is 1. The zero-order chi connectivity index (χ0) is 12.3. The van der Waals surface area contributed by atoms with E-state index in [2.05, 4.69) is 16.4 Å². The minimum absolute atomic E-state index is 0.0121. The van der Waals surface area contributed by atoms with Gasteiger partial charge in [0, 0.05) is 23.1 Å². The first-order valence-electron chi connectivity index (χ1n) is 5.61. The van der Waals surface area contributed by atoms with Crippen molar-refractivity contribution in [2.45, 2.75) is 19.4 Å². The molecule has 1 aromatic heterocycles. The monoisotopic (exact) mass is 250 g/mol. The van der Waals surface area contributed by atoms with Gasteiger partial charge in [-0.25, -0.2) is 0 Å². The molecule has 1 unspecified atom stereocenters. The summed E-state index contributed by atoms with van der Waals surface area (Å²) >= 11 is 5.45. The molecule has 4 heteroatoms. The van der Waals surface area contributed by atoms with Crippen molar-refractivity contribution < 1.29 is 4.79 Å². The van der Waals surface area contributed by atoms with Crippen LogP contribution < -0.4 is 5.32 Å². The summed E-state index contributed by atoms with van der Waals surface area (Å²) in [5.74, 6) is -0.114. The van der Waals surface area contributed by atoms with Crippen LogP contribution in [0.25, 0.3) is 10.9 Å². The predicted molar refractivity (Wildman–Crippen MR) is 70.3 cm³/mol. The number of rotatable bonds is 4. The number of hydrogen-bond acceptors (Lipinski definition) is 1. The lowest BCUT2D eigenvalue weighted by Crippen LogP contribution is -2.34. The molecule has 1 atom stereocenters. The average molecular weight is 251 g/mol.